The molecule has 0 fully saturated rings. The lowest BCUT2D eigenvalue weighted by atomic mass is 10.1. The Bertz CT molecular complexity index is 673. The molecule has 0 amide bonds. The van der Waals surface area contributed by atoms with Gasteiger partial charge in [-0.15, -0.1) is 10.2 Å². The summed E-state index contributed by atoms with van der Waals surface area (Å²) in [6.07, 6.45) is -4.43. The Kier molecular flexibility index (Phi) is 3.04. The molecule has 0 spiro atoms. The summed E-state index contributed by atoms with van der Waals surface area (Å²) in [5, 5.41) is 11.8. The van der Waals surface area contributed by atoms with Gasteiger partial charge >= 0.3 is 6.18 Å². The Morgan fingerprint density at radius 1 is 1.15 bits per heavy atom. The van der Waals surface area contributed by atoms with Crippen molar-refractivity contribution < 1.29 is 13.2 Å². The molecular formula is C12H9F3N4S. The number of hydrogen-bond donors (Lipinski definition) is 0. The molecule has 1 aromatic carbocycles. The van der Waals surface area contributed by atoms with Gasteiger partial charge in [0.05, 0.1) is 5.75 Å². The van der Waals surface area contributed by atoms with Crippen LogP contribution >= 0.6 is 11.8 Å². The summed E-state index contributed by atoms with van der Waals surface area (Å²) in [7, 11) is 0. The molecule has 1 aromatic heterocycles. The highest BCUT2D eigenvalue weighted by Crippen LogP contribution is 2.31. The maximum atomic E-state index is 12.7. The van der Waals surface area contributed by atoms with E-state index in [1.165, 1.54) is 0 Å². The number of aromatic nitrogens is 3. The van der Waals surface area contributed by atoms with Crippen LogP contribution in [0.4, 0.5) is 13.2 Å². The fourth-order valence-electron chi connectivity index (χ4n) is 1.75. The number of hydrogen-bond acceptors (Lipinski definition) is 4. The van der Waals surface area contributed by atoms with Crippen molar-refractivity contribution >= 4 is 17.5 Å². The molecule has 0 radical (unpaired) electrons. The molecule has 2 aromatic rings. The van der Waals surface area contributed by atoms with Crippen molar-refractivity contribution in [3.63, 3.8) is 0 Å². The molecule has 0 N–H and O–H groups in total. The van der Waals surface area contributed by atoms with Crippen LogP contribution in [0.1, 0.15) is 5.56 Å². The largest absolute Gasteiger partial charge is 0.432 e. The van der Waals surface area contributed by atoms with Gasteiger partial charge in [0.15, 0.2) is 11.5 Å². The first-order valence-corrected chi connectivity index (χ1v) is 6.74. The molecule has 4 nitrogen and oxygen atoms in total. The highest BCUT2D eigenvalue weighted by atomic mass is 32.2. The first-order chi connectivity index (χ1) is 9.45. The van der Waals surface area contributed by atoms with E-state index in [0.29, 0.717) is 16.5 Å². The van der Waals surface area contributed by atoms with E-state index in [9.17, 15) is 13.2 Å². The molecule has 0 atom stereocenters. The van der Waals surface area contributed by atoms with Crippen LogP contribution in [0.25, 0.3) is 11.4 Å². The predicted molar refractivity (Wildman–Crippen MR) is 69.8 cm³/mol. The minimum Gasteiger partial charge on any atom is -0.187 e. The van der Waals surface area contributed by atoms with Gasteiger partial charge in [0, 0.05) is 5.56 Å². The van der Waals surface area contributed by atoms with Gasteiger partial charge < -0.3 is 0 Å². The lowest BCUT2D eigenvalue weighted by Crippen LogP contribution is -2.28. The van der Waals surface area contributed by atoms with E-state index in [4.69, 9.17) is 0 Å². The van der Waals surface area contributed by atoms with E-state index in [-0.39, 0.29) is 5.75 Å². The third kappa shape index (κ3) is 2.31. The van der Waals surface area contributed by atoms with Gasteiger partial charge in [0.25, 0.3) is 0 Å². The third-order valence-electron chi connectivity index (χ3n) is 2.81. The van der Waals surface area contributed by atoms with Crippen molar-refractivity contribution in [2.75, 3.05) is 5.75 Å². The second kappa shape index (κ2) is 4.62. The first-order valence-electron chi connectivity index (χ1n) is 5.75. The molecule has 104 valence electrons. The minimum absolute atomic E-state index is 0.241. The predicted octanol–water partition coefficient (Wildman–Crippen LogP) is 3.13. The number of alkyl halides is 3. The van der Waals surface area contributed by atoms with Gasteiger partial charge in [-0.3, -0.25) is 0 Å². The zero-order valence-electron chi connectivity index (χ0n) is 10.3. The number of halogens is 3. The van der Waals surface area contributed by atoms with E-state index in [1.807, 2.05) is 19.1 Å². The Hall–Kier alpha value is -1.83. The third-order valence-corrected chi connectivity index (χ3v) is 3.74. The molecule has 0 aliphatic carbocycles. The Morgan fingerprint density at radius 2 is 1.85 bits per heavy atom. The SMILES string of the molecule is Cc1ccc(-c2nnc3n2N=C(C(F)(F)F)CS3)cc1. The van der Waals surface area contributed by atoms with Crippen LogP contribution in [-0.4, -0.2) is 32.5 Å². The summed E-state index contributed by atoms with van der Waals surface area (Å²) in [5.74, 6) is 0.0733. The molecular weight excluding hydrogens is 289 g/mol. The average molecular weight is 298 g/mol. The quantitative estimate of drug-likeness (QED) is 0.812. The number of nitrogens with zero attached hydrogens (tertiary/aromatic N) is 4. The lowest BCUT2D eigenvalue weighted by Gasteiger charge is -2.15. The Morgan fingerprint density at radius 3 is 2.50 bits per heavy atom. The van der Waals surface area contributed by atoms with Crippen LogP contribution in [0.15, 0.2) is 34.5 Å². The molecule has 1 aliphatic heterocycles. The van der Waals surface area contributed by atoms with Crippen LogP contribution in [0.2, 0.25) is 0 Å². The van der Waals surface area contributed by atoms with Crippen LogP contribution in [-0.2, 0) is 0 Å². The van der Waals surface area contributed by atoms with Gasteiger partial charge in [0.1, 0.15) is 0 Å². The van der Waals surface area contributed by atoms with Crippen molar-refractivity contribution in [3.8, 4) is 11.4 Å². The van der Waals surface area contributed by atoms with Crippen molar-refractivity contribution in [2.45, 2.75) is 18.3 Å². The molecule has 0 saturated heterocycles. The van der Waals surface area contributed by atoms with Crippen LogP contribution in [0, 0.1) is 6.92 Å². The smallest absolute Gasteiger partial charge is 0.187 e. The van der Waals surface area contributed by atoms with Gasteiger partial charge in [-0.1, -0.05) is 41.6 Å². The first kappa shape index (κ1) is 13.2. The summed E-state index contributed by atoms with van der Waals surface area (Å²) in [6, 6.07) is 7.30. The number of aryl methyl sites for hydroxylation is 1. The van der Waals surface area contributed by atoms with Crippen molar-refractivity contribution in [1.82, 2.24) is 14.9 Å². The highest BCUT2D eigenvalue weighted by Gasteiger charge is 2.38. The topological polar surface area (TPSA) is 43.1 Å². The second-order valence-corrected chi connectivity index (χ2v) is 5.26. The van der Waals surface area contributed by atoms with E-state index >= 15 is 0 Å². The maximum Gasteiger partial charge on any atom is 0.432 e. The van der Waals surface area contributed by atoms with E-state index in [2.05, 4.69) is 15.3 Å². The zero-order chi connectivity index (χ0) is 14.3. The fourth-order valence-corrected chi connectivity index (χ4v) is 2.58. The summed E-state index contributed by atoms with van der Waals surface area (Å²) in [6.45, 7) is 1.93. The zero-order valence-corrected chi connectivity index (χ0v) is 11.2. The molecule has 2 heterocycles. The van der Waals surface area contributed by atoms with Gasteiger partial charge in [-0.2, -0.15) is 22.9 Å². The lowest BCUT2D eigenvalue weighted by molar-refractivity contribution is -0.0595. The number of fused-ring (bicyclic) bond motifs is 1. The molecule has 8 heteroatoms. The minimum atomic E-state index is -4.43. The molecule has 1 aliphatic rings. The summed E-state index contributed by atoms with van der Waals surface area (Å²) < 4.78 is 39.3. The normalized spacial score (nSPS) is 14.9. The van der Waals surface area contributed by atoms with Crippen LogP contribution < -0.4 is 0 Å². The Labute approximate surface area is 116 Å². The van der Waals surface area contributed by atoms with E-state index in [0.717, 1.165) is 22.0 Å². The number of benzene rings is 1. The van der Waals surface area contributed by atoms with Crippen LogP contribution in [0.3, 0.4) is 0 Å². The summed E-state index contributed by atoms with van der Waals surface area (Å²) in [4.78, 5) is 0. The molecule has 0 unspecified atom stereocenters. The van der Waals surface area contributed by atoms with E-state index < -0.39 is 11.9 Å². The fraction of sp³-hybridized carbons (Fsp3) is 0.250. The van der Waals surface area contributed by atoms with Crippen LogP contribution in [0.5, 0.6) is 0 Å². The average Bonchev–Trinajstić information content (AvgIpc) is 2.81. The van der Waals surface area contributed by atoms with Gasteiger partial charge in [-0.05, 0) is 6.92 Å². The molecule has 0 bridgehead atoms. The number of thioether (sulfide) groups is 1. The Balaban J connectivity index is 2.08. The van der Waals surface area contributed by atoms with Crippen molar-refractivity contribution in [3.05, 3.63) is 29.8 Å². The monoisotopic (exact) mass is 298 g/mol. The van der Waals surface area contributed by atoms with E-state index in [1.54, 1.807) is 12.1 Å². The van der Waals surface area contributed by atoms with Gasteiger partial charge in [-0.25, -0.2) is 0 Å². The maximum absolute atomic E-state index is 12.7. The standard InChI is InChI=1S/C12H9F3N4S/c1-7-2-4-8(5-3-7)10-16-17-11-19(10)18-9(6-20-11)12(13,14)15/h2-5H,6H2,1H3. The van der Waals surface area contributed by atoms with Gasteiger partial charge in [0.2, 0.25) is 5.16 Å². The van der Waals surface area contributed by atoms with Crippen molar-refractivity contribution in [1.29, 1.82) is 0 Å². The highest BCUT2D eigenvalue weighted by molar-refractivity contribution is 7.99. The molecule has 20 heavy (non-hydrogen) atoms. The summed E-state index contributed by atoms with van der Waals surface area (Å²) >= 11 is 0.981. The van der Waals surface area contributed by atoms with Crippen molar-refractivity contribution in [2.24, 2.45) is 5.10 Å². The molecule has 3 rings (SSSR count). The molecule has 0 saturated carbocycles. The second-order valence-electron chi connectivity index (χ2n) is 4.32. The summed E-state index contributed by atoms with van der Waals surface area (Å²) in [5.41, 5.74) is 0.909. The number of rotatable bonds is 1.